The summed E-state index contributed by atoms with van der Waals surface area (Å²) in [6.45, 7) is 0.0142. The smallest absolute Gasteiger partial charge is 0.0621 e. The van der Waals surface area contributed by atoms with E-state index in [2.05, 4.69) is 20.9 Å². The maximum atomic E-state index is 9.11. The number of aliphatic hydroxyl groups excluding tert-OH is 1. The SMILES string of the molecule is OC/C=C(\c1ccc(Br)cc1)c1cccnc1. The van der Waals surface area contributed by atoms with Gasteiger partial charge in [0.15, 0.2) is 0 Å². The van der Waals surface area contributed by atoms with Crippen molar-refractivity contribution in [1.29, 1.82) is 0 Å². The van der Waals surface area contributed by atoms with Crippen LogP contribution in [0.2, 0.25) is 0 Å². The molecular weight excluding hydrogens is 278 g/mol. The Labute approximate surface area is 109 Å². The van der Waals surface area contributed by atoms with Crippen LogP contribution in [0.3, 0.4) is 0 Å². The summed E-state index contributed by atoms with van der Waals surface area (Å²) in [7, 11) is 0. The van der Waals surface area contributed by atoms with Crippen molar-refractivity contribution in [3.63, 3.8) is 0 Å². The van der Waals surface area contributed by atoms with Crippen molar-refractivity contribution >= 4 is 21.5 Å². The molecule has 1 heterocycles. The Kier molecular flexibility index (Phi) is 4.07. The van der Waals surface area contributed by atoms with Crippen molar-refractivity contribution in [1.82, 2.24) is 4.98 Å². The highest BCUT2D eigenvalue weighted by molar-refractivity contribution is 9.10. The average molecular weight is 290 g/mol. The quantitative estimate of drug-likeness (QED) is 0.941. The molecule has 0 spiro atoms. The third-order valence-corrected chi connectivity index (χ3v) is 2.95. The zero-order valence-electron chi connectivity index (χ0n) is 9.18. The lowest BCUT2D eigenvalue weighted by Crippen LogP contribution is -1.90. The molecule has 0 aliphatic heterocycles. The number of hydrogen-bond acceptors (Lipinski definition) is 2. The number of aliphatic hydroxyl groups is 1. The summed E-state index contributed by atoms with van der Waals surface area (Å²) in [5.41, 5.74) is 3.06. The Hall–Kier alpha value is -1.45. The van der Waals surface area contributed by atoms with Gasteiger partial charge in [0.05, 0.1) is 6.61 Å². The fourth-order valence-electron chi connectivity index (χ4n) is 1.65. The molecule has 2 nitrogen and oxygen atoms in total. The van der Waals surface area contributed by atoms with Crippen molar-refractivity contribution < 1.29 is 5.11 Å². The second-order valence-electron chi connectivity index (χ2n) is 3.55. The van der Waals surface area contributed by atoms with Crippen LogP contribution in [0.15, 0.2) is 59.3 Å². The molecule has 17 heavy (non-hydrogen) atoms. The van der Waals surface area contributed by atoms with E-state index in [1.54, 1.807) is 18.5 Å². The van der Waals surface area contributed by atoms with Gasteiger partial charge < -0.3 is 5.11 Å². The molecule has 0 aliphatic rings. The van der Waals surface area contributed by atoms with Crippen LogP contribution in [0, 0.1) is 0 Å². The summed E-state index contributed by atoms with van der Waals surface area (Å²) in [4.78, 5) is 4.10. The molecular formula is C14H12BrNO. The molecule has 0 radical (unpaired) electrons. The largest absolute Gasteiger partial charge is 0.392 e. The minimum atomic E-state index is 0.0142. The van der Waals surface area contributed by atoms with E-state index in [-0.39, 0.29) is 6.61 Å². The molecule has 0 saturated carbocycles. The Morgan fingerprint density at radius 2 is 1.94 bits per heavy atom. The first-order chi connectivity index (χ1) is 8.31. The van der Waals surface area contributed by atoms with Crippen molar-refractivity contribution in [2.75, 3.05) is 6.61 Å². The van der Waals surface area contributed by atoms with Crippen molar-refractivity contribution in [2.45, 2.75) is 0 Å². The lowest BCUT2D eigenvalue weighted by Gasteiger charge is -2.07. The zero-order valence-corrected chi connectivity index (χ0v) is 10.8. The molecule has 0 atom stereocenters. The van der Waals surface area contributed by atoms with Crippen molar-refractivity contribution in [3.8, 4) is 0 Å². The number of halogens is 1. The normalized spacial score (nSPS) is 11.5. The summed E-state index contributed by atoms with van der Waals surface area (Å²) in [6.07, 6.45) is 5.32. The first kappa shape index (κ1) is 12.0. The van der Waals surface area contributed by atoms with E-state index in [0.29, 0.717) is 0 Å². The number of pyridine rings is 1. The van der Waals surface area contributed by atoms with Crippen LogP contribution in [0.1, 0.15) is 11.1 Å². The van der Waals surface area contributed by atoms with Gasteiger partial charge in [0.1, 0.15) is 0 Å². The van der Waals surface area contributed by atoms with Crippen LogP contribution in [-0.4, -0.2) is 16.7 Å². The van der Waals surface area contributed by atoms with Crippen LogP contribution in [0.25, 0.3) is 5.57 Å². The van der Waals surface area contributed by atoms with Crippen molar-refractivity contribution in [2.24, 2.45) is 0 Å². The minimum Gasteiger partial charge on any atom is -0.392 e. The standard InChI is InChI=1S/C14H12BrNO/c15-13-5-3-11(4-6-13)14(7-9-17)12-2-1-8-16-10-12/h1-8,10,17H,9H2/b14-7+. The van der Waals surface area contributed by atoms with Gasteiger partial charge in [-0.15, -0.1) is 0 Å². The highest BCUT2D eigenvalue weighted by Gasteiger charge is 2.04. The first-order valence-electron chi connectivity index (χ1n) is 5.28. The Bertz CT molecular complexity index is 506. The van der Waals surface area contributed by atoms with Gasteiger partial charge in [-0.1, -0.05) is 40.2 Å². The molecule has 0 unspecified atom stereocenters. The van der Waals surface area contributed by atoms with Crippen LogP contribution >= 0.6 is 15.9 Å². The molecule has 0 amide bonds. The van der Waals surface area contributed by atoms with E-state index in [1.807, 2.05) is 36.4 Å². The molecule has 0 bridgehead atoms. The minimum absolute atomic E-state index is 0.0142. The van der Waals surface area contributed by atoms with E-state index in [4.69, 9.17) is 5.11 Å². The van der Waals surface area contributed by atoms with E-state index < -0.39 is 0 Å². The van der Waals surface area contributed by atoms with Crippen LogP contribution in [0.4, 0.5) is 0 Å². The van der Waals surface area contributed by atoms with E-state index in [9.17, 15) is 0 Å². The molecule has 1 N–H and O–H groups in total. The summed E-state index contributed by atoms with van der Waals surface area (Å²) < 4.78 is 1.04. The molecule has 0 saturated heterocycles. The number of aromatic nitrogens is 1. The number of hydrogen-bond donors (Lipinski definition) is 1. The molecule has 2 aromatic rings. The average Bonchev–Trinajstić information content (AvgIpc) is 2.38. The second kappa shape index (κ2) is 5.75. The molecule has 0 aliphatic carbocycles. The Morgan fingerprint density at radius 3 is 2.53 bits per heavy atom. The monoisotopic (exact) mass is 289 g/mol. The van der Waals surface area contributed by atoms with Gasteiger partial charge >= 0.3 is 0 Å². The van der Waals surface area contributed by atoms with Crippen LogP contribution in [-0.2, 0) is 0 Å². The molecule has 2 rings (SSSR count). The Balaban J connectivity index is 2.44. The van der Waals surface area contributed by atoms with E-state index in [1.165, 1.54) is 0 Å². The molecule has 1 aromatic carbocycles. The van der Waals surface area contributed by atoms with Gasteiger partial charge in [0.2, 0.25) is 0 Å². The summed E-state index contributed by atoms with van der Waals surface area (Å²) in [6, 6.07) is 11.9. The predicted octanol–water partition coefficient (Wildman–Crippen LogP) is 3.27. The van der Waals surface area contributed by atoms with Gasteiger partial charge in [-0.05, 0) is 29.3 Å². The summed E-state index contributed by atoms with van der Waals surface area (Å²) in [5, 5.41) is 9.11. The lowest BCUT2D eigenvalue weighted by atomic mass is 9.99. The topological polar surface area (TPSA) is 33.1 Å². The summed E-state index contributed by atoms with van der Waals surface area (Å²) in [5.74, 6) is 0. The lowest BCUT2D eigenvalue weighted by molar-refractivity contribution is 0.343. The maximum Gasteiger partial charge on any atom is 0.0621 e. The number of nitrogens with zero attached hydrogens (tertiary/aromatic N) is 1. The third kappa shape index (κ3) is 3.02. The highest BCUT2D eigenvalue weighted by Crippen LogP contribution is 2.23. The predicted molar refractivity (Wildman–Crippen MR) is 72.5 cm³/mol. The van der Waals surface area contributed by atoms with Gasteiger partial charge in [-0.25, -0.2) is 0 Å². The second-order valence-corrected chi connectivity index (χ2v) is 4.46. The van der Waals surface area contributed by atoms with Crippen LogP contribution < -0.4 is 0 Å². The van der Waals surface area contributed by atoms with Crippen LogP contribution in [0.5, 0.6) is 0 Å². The van der Waals surface area contributed by atoms with Gasteiger partial charge in [-0.3, -0.25) is 4.98 Å². The maximum absolute atomic E-state index is 9.11. The summed E-state index contributed by atoms with van der Waals surface area (Å²) >= 11 is 3.41. The Morgan fingerprint density at radius 1 is 1.18 bits per heavy atom. The first-order valence-corrected chi connectivity index (χ1v) is 6.08. The fraction of sp³-hybridized carbons (Fsp3) is 0.0714. The van der Waals surface area contributed by atoms with E-state index >= 15 is 0 Å². The highest BCUT2D eigenvalue weighted by atomic mass is 79.9. The zero-order chi connectivity index (χ0) is 12.1. The molecule has 3 heteroatoms. The van der Waals surface area contributed by atoms with Gasteiger partial charge in [0.25, 0.3) is 0 Å². The third-order valence-electron chi connectivity index (χ3n) is 2.42. The van der Waals surface area contributed by atoms with E-state index in [0.717, 1.165) is 21.2 Å². The van der Waals surface area contributed by atoms with Gasteiger partial charge in [0, 0.05) is 22.4 Å². The number of benzene rings is 1. The van der Waals surface area contributed by atoms with Crippen molar-refractivity contribution in [3.05, 3.63) is 70.5 Å². The molecule has 86 valence electrons. The van der Waals surface area contributed by atoms with Gasteiger partial charge in [-0.2, -0.15) is 0 Å². The molecule has 1 aromatic heterocycles. The number of rotatable bonds is 3. The molecule has 0 fully saturated rings. The fourth-order valence-corrected chi connectivity index (χ4v) is 1.91.